The van der Waals surface area contributed by atoms with Gasteiger partial charge in [0.1, 0.15) is 0 Å². The van der Waals surface area contributed by atoms with Gasteiger partial charge in [-0.15, -0.1) is 0 Å². The molecule has 2 aromatic carbocycles. The van der Waals surface area contributed by atoms with E-state index in [9.17, 15) is 18.5 Å². The molecular formula is C18H21N3O4S. The van der Waals surface area contributed by atoms with Crippen molar-refractivity contribution in [2.24, 2.45) is 0 Å². The molecule has 0 N–H and O–H groups in total. The topological polar surface area (TPSA) is 83.8 Å². The largest absolute Gasteiger partial charge is 0.369 e. The van der Waals surface area contributed by atoms with Crippen molar-refractivity contribution in [2.75, 3.05) is 31.1 Å². The molecular weight excluding hydrogens is 354 g/mol. The molecule has 2 aromatic rings. The third-order valence-electron chi connectivity index (χ3n) is 4.68. The zero-order chi connectivity index (χ0) is 18.9. The maximum absolute atomic E-state index is 13.0. The fourth-order valence-corrected chi connectivity index (χ4v) is 4.89. The second-order valence-electron chi connectivity index (χ2n) is 6.39. The van der Waals surface area contributed by atoms with Crippen molar-refractivity contribution in [3.63, 3.8) is 0 Å². The molecule has 26 heavy (non-hydrogen) atoms. The van der Waals surface area contributed by atoms with Gasteiger partial charge >= 0.3 is 0 Å². The summed E-state index contributed by atoms with van der Waals surface area (Å²) in [4.78, 5) is 12.7. The van der Waals surface area contributed by atoms with E-state index in [4.69, 9.17) is 0 Å². The van der Waals surface area contributed by atoms with Crippen LogP contribution < -0.4 is 4.90 Å². The Bertz CT molecular complexity index is 935. The van der Waals surface area contributed by atoms with Crippen molar-refractivity contribution in [1.82, 2.24) is 4.31 Å². The molecule has 0 aromatic heterocycles. The highest BCUT2D eigenvalue weighted by molar-refractivity contribution is 7.89. The molecule has 1 aliphatic heterocycles. The smallest absolute Gasteiger partial charge is 0.273 e. The van der Waals surface area contributed by atoms with Crippen molar-refractivity contribution < 1.29 is 13.3 Å². The van der Waals surface area contributed by atoms with Gasteiger partial charge in [0.2, 0.25) is 10.0 Å². The molecule has 1 fully saturated rings. The SMILES string of the molecule is Cc1cccc(N2CCN(S(=O)(=O)c3cccc([N+](=O)[O-])c3C)CC2)c1. The molecule has 1 aliphatic rings. The van der Waals surface area contributed by atoms with Crippen LogP contribution in [0.2, 0.25) is 0 Å². The van der Waals surface area contributed by atoms with Crippen LogP contribution in [0.15, 0.2) is 47.4 Å². The first kappa shape index (κ1) is 18.3. The number of sulfonamides is 1. The molecule has 0 aliphatic carbocycles. The minimum atomic E-state index is -3.76. The van der Waals surface area contributed by atoms with Crippen LogP contribution in [0, 0.1) is 24.0 Å². The lowest BCUT2D eigenvalue weighted by atomic mass is 10.2. The quantitative estimate of drug-likeness (QED) is 0.606. The molecule has 138 valence electrons. The zero-order valence-corrected chi connectivity index (χ0v) is 15.6. The molecule has 0 saturated carbocycles. The third-order valence-corrected chi connectivity index (χ3v) is 6.72. The van der Waals surface area contributed by atoms with Gasteiger partial charge < -0.3 is 4.90 Å². The summed E-state index contributed by atoms with van der Waals surface area (Å²) in [5.41, 5.74) is 2.24. The lowest BCUT2D eigenvalue weighted by molar-refractivity contribution is -0.385. The number of nitro benzene ring substituents is 1. The lowest BCUT2D eigenvalue weighted by Crippen LogP contribution is -2.48. The molecule has 0 amide bonds. The van der Waals surface area contributed by atoms with E-state index < -0.39 is 14.9 Å². The van der Waals surface area contributed by atoms with Gasteiger partial charge in [0, 0.05) is 43.5 Å². The number of rotatable bonds is 4. The van der Waals surface area contributed by atoms with Gasteiger partial charge in [-0.25, -0.2) is 8.42 Å². The average molecular weight is 375 g/mol. The third kappa shape index (κ3) is 3.42. The second-order valence-corrected chi connectivity index (χ2v) is 8.29. The summed E-state index contributed by atoms with van der Waals surface area (Å²) in [5.74, 6) is 0. The first-order chi connectivity index (χ1) is 12.3. The van der Waals surface area contributed by atoms with E-state index in [-0.39, 0.29) is 16.1 Å². The molecule has 1 heterocycles. The van der Waals surface area contributed by atoms with Crippen LogP contribution in [0.1, 0.15) is 11.1 Å². The van der Waals surface area contributed by atoms with Gasteiger partial charge in [-0.3, -0.25) is 10.1 Å². The van der Waals surface area contributed by atoms with E-state index in [0.29, 0.717) is 26.2 Å². The van der Waals surface area contributed by atoms with Crippen LogP contribution >= 0.6 is 0 Å². The minimum Gasteiger partial charge on any atom is -0.369 e. The van der Waals surface area contributed by atoms with Crippen LogP contribution in [0.25, 0.3) is 0 Å². The number of piperazine rings is 1. The van der Waals surface area contributed by atoms with Crippen LogP contribution in [0.4, 0.5) is 11.4 Å². The van der Waals surface area contributed by atoms with E-state index in [1.807, 2.05) is 25.1 Å². The first-order valence-electron chi connectivity index (χ1n) is 8.36. The molecule has 0 spiro atoms. The van der Waals surface area contributed by atoms with Crippen molar-refractivity contribution in [1.29, 1.82) is 0 Å². The standard InChI is InChI=1S/C18H21N3O4S/c1-14-5-3-6-16(13-14)19-9-11-20(12-10-19)26(24,25)18-8-4-7-17(15(18)2)21(22)23/h3-8,13H,9-12H2,1-2H3. The molecule has 1 saturated heterocycles. The highest BCUT2D eigenvalue weighted by atomic mass is 32.2. The van der Waals surface area contributed by atoms with Gasteiger partial charge in [0.15, 0.2) is 0 Å². The molecule has 7 nitrogen and oxygen atoms in total. The Kier molecular flexibility index (Phi) is 4.97. The Balaban J connectivity index is 1.81. The molecule has 3 rings (SSSR count). The van der Waals surface area contributed by atoms with Crippen LogP contribution in [0.5, 0.6) is 0 Å². The van der Waals surface area contributed by atoms with Gasteiger partial charge in [-0.05, 0) is 37.6 Å². The summed E-state index contributed by atoms with van der Waals surface area (Å²) in [6.07, 6.45) is 0. The van der Waals surface area contributed by atoms with Crippen molar-refractivity contribution >= 4 is 21.4 Å². The van der Waals surface area contributed by atoms with Gasteiger partial charge in [0.25, 0.3) is 5.69 Å². The summed E-state index contributed by atoms with van der Waals surface area (Å²) in [6.45, 7) is 5.35. The zero-order valence-electron chi connectivity index (χ0n) is 14.8. The number of nitro groups is 1. The number of aryl methyl sites for hydroxylation is 1. The Labute approximate surface area is 153 Å². The van der Waals surface area contributed by atoms with Crippen molar-refractivity contribution in [3.05, 3.63) is 63.7 Å². The van der Waals surface area contributed by atoms with E-state index in [0.717, 1.165) is 11.3 Å². The van der Waals surface area contributed by atoms with Crippen molar-refractivity contribution in [2.45, 2.75) is 18.7 Å². The Morgan fingerprint density at radius 1 is 1.00 bits per heavy atom. The van der Waals surface area contributed by atoms with Crippen LogP contribution in [-0.4, -0.2) is 43.8 Å². The Hall–Kier alpha value is -2.45. The number of benzene rings is 2. The molecule has 0 bridgehead atoms. The van der Waals surface area contributed by atoms with Crippen LogP contribution in [-0.2, 0) is 10.0 Å². The first-order valence-corrected chi connectivity index (χ1v) is 9.80. The highest BCUT2D eigenvalue weighted by Crippen LogP contribution is 2.28. The van der Waals surface area contributed by atoms with Gasteiger partial charge in [-0.2, -0.15) is 4.31 Å². The molecule has 0 atom stereocenters. The van der Waals surface area contributed by atoms with Crippen LogP contribution in [0.3, 0.4) is 0 Å². The number of nitrogens with zero attached hydrogens (tertiary/aromatic N) is 3. The predicted octanol–water partition coefficient (Wildman–Crippen LogP) is 2.72. The van der Waals surface area contributed by atoms with E-state index in [1.165, 1.54) is 29.4 Å². The minimum absolute atomic E-state index is 0.00991. The van der Waals surface area contributed by atoms with E-state index in [2.05, 4.69) is 11.0 Å². The van der Waals surface area contributed by atoms with Crippen molar-refractivity contribution in [3.8, 4) is 0 Å². The predicted molar refractivity (Wildman–Crippen MR) is 100.0 cm³/mol. The summed E-state index contributed by atoms with van der Waals surface area (Å²) < 4.78 is 27.3. The molecule has 0 radical (unpaired) electrons. The fourth-order valence-electron chi connectivity index (χ4n) is 3.23. The summed E-state index contributed by atoms with van der Waals surface area (Å²) in [7, 11) is -3.76. The van der Waals surface area contributed by atoms with Gasteiger partial charge in [0.05, 0.1) is 9.82 Å². The average Bonchev–Trinajstić information content (AvgIpc) is 2.61. The van der Waals surface area contributed by atoms with E-state index >= 15 is 0 Å². The van der Waals surface area contributed by atoms with E-state index in [1.54, 1.807) is 0 Å². The van der Waals surface area contributed by atoms with Gasteiger partial charge in [-0.1, -0.05) is 18.2 Å². The maximum Gasteiger partial charge on any atom is 0.273 e. The number of anilines is 1. The Morgan fingerprint density at radius 2 is 1.65 bits per heavy atom. The monoisotopic (exact) mass is 375 g/mol. The maximum atomic E-state index is 13.0. The summed E-state index contributed by atoms with van der Waals surface area (Å²) in [6, 6.07) is 12.3. The fraction of sp³-hybridized carbons (Fsp3) is 0.333. The Morgan fingerprint density at radius 3 is 2.27 bits per heavy atom. The summed E-state index contributed by atoms with van der Waals surface area (Å²) in [5, 5.41) is 11.1. The normalized spacial score (nSPS) is 15.8. The highest BCUT2D eigenvalue weighted by Gasteiger charge is 2.31. The second kappa shape index (κ2) is 7.05. The lowest BCUT2D eigenvalue weighted by Gasteiger charge is -2.35. The molecule has 8 heteroatoms. The number of hydrogen-bond donors (Lipinski definition) is 0. The molecule has 0 unspecified atom stereocenters. The number of hydrogen-bond acceptors (Lipinski definition) is 5. The summed E-state index contributed by atoms with van der Waals surface area (Å²) >= 11 is 0.